The Kier molecular flexibility index (Phi) is 3.79. The molecule has 0 saturated heterocycles. The molecule has 0 spiro atoms. The third-order valence-corrected chi connectivity index (χ3v) is 3.49. The Bertz CT molecular complexity index is 932. The van der Waals surface area contributed by atoms with Gasteiger partial charge < -0.3 is 13.6 Å². The lowest BCUT2D eigenvalue weighted by Gasteiger charge is -2.04. The lowest BCUT2D eigenvalue weighted by atomic mass is 10.3. The first-order valence-electron chi connectivity index (χ1n) is 6.82. The molecule has 0 amide bonds. The van der Waals surface area contributed by atoms with Crippen LogP contribution in [0.1, 0.15) is 5.89 Å². The van der Waals surface area contributed by atoms with Crippen LogP contribution in [0.5, 0.6) is 5.75 Å². The smallest absolute Gasteiger partial charge is 0.283 e. The number of tetrazole rings is 1. The molecule has 9 nitrogen and oxygen atoms in total. The number of benzene rings is 1. The van der Waals surface area contributed by atoms with Crippen molar-refractivity contribution in [2.45, 2.75) is 6.61 Å². The summed E-state index contributed by atoms with van der Waals surface area (Å²) in [5.41, 5.74) is 0.829. The van der Waals surface area contributed by atoms with E-state index >= 15 is 0 Å². The summed E-state index contributed by atoms with van der Waals surface area (Å²) in [6.45, 7) is 0.152. The van der Waals surface area contributed by atoms with Crippen molar-refractivity contribution in [1.29, 1.82) is 0 Å². The minimum Gasteiger partial charge on any atom is -0.484 e. The molecule has 4 aromatic rings. The van der Waals surface area contributed by atoms with Crippen LogP contribution in [-0.2, 0) is 6.61 Å². The van der Waals surface area contributed by atoms with Gasteiger partial charge in [-0.1, -0.05) is 0 Å². The monoisotopic (exact) mass is 388 g/mol. The maximum Gasteiger partial charge on any atom is 0.283 e. The average Bonchev–Trinajstić information content (AvgIpc) is 3.35. The van der Waals surface area contributed by atoms with E-state index in [-0.39, 0.29) is 6.61 Å². The van der Waals surface area contributed by atoms with Crippen molar-refractivity contribution in [3.63, 3.8) is 0 Å². The number of ether oxygens (including phenoxy) is 1. The van der Waals surface area contributed by atoms with Gasteiger partial charge in [-0.15, -0.1) is 15.3 Å². The van der Waals surface area contributed by atoms with Gasteiger partial charge in [0.05, 0.1) is 5.69 Å². The summed E-state index contributed by atoms with van der Waals surface area (Å²) >= 11 is 3.22. The van der Waals surface area contributed by atoms with Crippen molar-refractivity contribution in [3.8, 4) is 23.1 Å². The molecule has 120 valence electrons. The highest BCUT2D eigenvalue weighted by atomic mass is 79.9. The lowest BCUT2D eigenvalue weighted by molar-refractivity contribution is 0.263. The largest absolute Gasteiger partial charge is 0.484 e. The molecule has 0 bridgehead atoms. The molecule has 3 heterocycles. The molecule has 0 fully saturated rings. The van der Waals surface area contributed by atoms with Crippen LogP contribution in [-0.4, -0.2) is 30.4 Å². The van der Waals surface area contributed by atoms with E-state index < -0.39 is 0 Å². The topological polar surface area (TPSA) is 105 Å². The first kappa shape index (κ1) is 14.6. The summed E-state index contributed by atoms with van der Waals surface area (Å²) in [5, 5.41) is 18.8. The second-order valence-electron chi connectivity index (χ2n) is 4.64. The summed E-state index contributed by atoms with van der Waals surface area (Å²) < 4.78 is 18.6. The second-order valence-corrected chi connectivity index (χ2v) is 5.42. The van der Waals surface area contributed by atoms with Crippen LogP contribution in [0.4, 0.5) is 0 Å². The van der Waals surface area contributed by atoms with Gasteiger partial charge >= 0.3 is 0 Å². The molecule has 3 aromatic heterocycles. The quantitative estimate of drug-likeness (QED) is 0.513. The summed E-state index contributed by atoms with van der Waals surface area (Å²) in [4.78, 5) is 0. The molecule has 0 atom stereocenters. The predicted molar refractivity (Wildman–Crippen MR) is 83.2 cm³/mol. The van der Waals surface area contributed by atoms with E-state index in [0.29, 0.717) is 28.0 Å². The van der Waals surface area contributed by atoms with Gasteiger partial charge in [-0.3, -0.25) is 0 Å². The fraction of sp³-hybridized carbons (Fsp3) is 0.0714. The summed E-state index contributed by atoms with van der Waals surface area (Å²) in [7, 11) is 0. The standard InChI is InChI=1S/C14H9BrN6O3/c15-12-6-5-11(23-12)14-18-17-13(24-14)7-22-10-3-1-9(2-4-10)21-8-16-19-20-21/h1-6,8H,7H2. The van der Waals surface area contributed by atoms with Gasteiger partial charge in [0.2, 0.25) is 0 Å². The zero-order valence-corrected chi connectivity index (χ0v) is 13.6. The van der Waals surface area contributed by atoms with Gasteiger partial charge in [-0.25, -0.2) is 4.68 Å². The van der Waals surface area contributed by atoms with Crippen molar-refractivity contribution in [1.82, 2.24) is 30.4 Å². The molecule has 1 aromatic carbocycles. The van der Waals surface area contributed by atoms with Crippen LogP contribution >= 0.6 is 15.9 Å². The Morgan fingerprint density at radius 3 is 2.62 bits per heavy atom. The van der Waals surface area contributed by atoms with Crippen LogP contribution in [0.3, 0.4) is 0 Å². The Hall–Kier alpha value is -3.01. The Labute approximate surface area is 143 Å². The van der Waals surface area contributed by atoms with Crippen molar-refractivity contribution >= 4 is 15.9 Å². The molecule has 4 rings (SSSR count). The molecule has 0 aliphatic heterocycles. The molecule has 0 radical (unpaired) electrons. The van der Waals surface area contributed by atoms with Gasteiger partial charge in [-0.2, -0.15) is 0 Å². The van der Waals surface area contributed by atoms with Crippen molar-refractivity contribution in [2.75, 3.05) is 0 Å². The average molecular weight is 389 g/mol. The zero-order valence-electron chi connectivity index (χ0n) is 12.0. The van der Waals surface area contributed by atoms with E-state index in [1.165, 1.54) is 6.33 Å². The fourth-order valence-electron chi connectivity index (χ4n) is 1.96. The van der Waals surface area contributed by atoms with Crippen LogP contribution in [0.2, 0.25) is 0 Å². The van der Waals surface area contributed by atoms with Crippen LogP contribution in [0, 0.1) is 0 Å². The van der Waals surface area contributed by atoms with E-state index in [1.807, 2.05) is 12.1 Å². The van der Waals surface area contributed by atoms with Crippen molar-refractivity contribution in [2.24, 2.45) is 0 Å². The van der Waals surface area contributed by atoms with Gasteiger partial charge in [0.1, 0.15) is 12.1 Å². The number of nitrogens with zero attached hydrogens (tertiary/aromatic N) is 6. The van der Waals surface area contributed by atoms with E-state index in [1.54, 1.807) is 28.9 Å². The normalized spacial score (nSPS) is 10.9. The Morgan fingerprint density at radius 2 is 1.92 bits per heavy atom. The molecule has 24 heavy (non-hydrogen) atoms. The van der Waals surface area contributed by atoms with E-state index in [0.717, 1.165) is 5.69 Å². The van der Waals surface area contributed by atoms with Gasteiger partial charge in [0, 0.05) is 0 Å². The number of aromatic nitrogens is 6. The Balaban J connectivity index is 1.41. The highest BCUT2D eigenvalue weighted by Gasteiger charge is 2.12. The van der Waals surface area contributed by atoms with Gasteiger partial charge in [0.25, 0.3) is 11.8 Å². The number of furan rings is 1. The van der Waals surface area contributed by atoms with Crippen molar-refractivity contribution < 1.29 is 13.6 Å². The molecule has 0 unspecified atom stereocenters. The number of hydrogen-bond acceptors (Lipinski definition) is 8. The van der Waals surface area contributed by atoms with Gasteiger partial charge in [-0.05, 0) is 62.8 Å². The Morgan fingerprint density at radius 1 is 1.04 bits per heavy atom. The van der Waals surface area contributed by atoms with E-state index in [2.05, 4.69) is 41.7 Å². The molecular weight excluding hydrogens is 380 g/mol. The molecule has 0 aliphatic carbocycles. The zero-order chi connectivity index (χ0) is 16.4. The molecule has 0 N–H and O–H groups in total. The minimum atomic E-state index is 0.152. The minimum absolute atomic E-state index is 0.152. The van der Waals surface area contributed by atoms with Gasteiger partial charge in [0.15, 0.2) is 17.0 Å². The highest BCUT2D eigenvalue weighted by Crippen LogP contribution is 2.24. The summed E-state index contributed by atoms with van der Waals surface area (Å²) in [5.74, 6) is 1.80. The van der Waals surface area contributed by atoms with Crippen LogP contribution in [0.15, 0.2) is 56.2 Å². The van der Waals surface area contributed by atoms with Crippen molar-refractivity contribution in [3.05, 3.63) is 53.3 Å². The maximum atomic E-state index is 5.62. The lowest BCUT2D eigenvalue weighted by Crippen LogP contribution is -1.97. The molecule has 0 saturated carbocycles. The third kappa shape index (κ3) is 3.04. The fourth-order valence-corrected chi connectivity index (χ4v) is 2.27. The van der Waals surface area contributed by atoms with E-state index in [4.69, 9.17) is 13.6 Å². The third-order valence-electron chi connectivity index (χ3n) is 3.06. The van der Waals surface area contributed by atoms with Crippen LogP contribution in [0.25, 0.3) is 17.3 Å². The van der Waals surface area contributed by atoms with E-state index in [9.17, 15) is 0 Å². The molecule has 10 heteroatoms. The number of hydrogen-bond donors (Lipinski definition) is 0. The molecular formula is C14H9BrN6O3. The predicted octanol–water partition coefficient (Wildman–Crippen LogP) is 2.65. The number of halogens is 1. The number of rotatable bonds is 5. The summed E-state index contributed by atoms with van der Waals surface area (Å²) in [6, 6.07) is 10.8. The van der Waals surface area contributed by atoms with Crippen LogP contribution < -0.4 is 4.74 Å². The first-order chi connectivity index (χ1) is 11.8. The first-order valence-corrected chi connectivity index (χ1v) is 7.61. The highest BCUT2D eigenvalue weighted by molar-refractivity contribution is 9.10. The SMILES string of the molecule is Brc1ccc(-c2nnc(COc3ccc(-n4cnnn4)cc3)o2)o1. The summed E-state index contributed by atoms with van der Waals surface area (Å²) in [6.07, 6.45) is 1.52. The maximum absolute atomic E-state index is 5.62. The second kappa shape index (κ2) is 6.24. The molecule has 0 aliphatic rings.